The molecular formula is C12H19N3O3S. The minimum Gasteiger partial charge on any atom is -0.326 e. The average Bonchev–Trinajstić information content (AvgIpc) is 2.36. The van der Waals surface area contributed by atoms with Crippen molar-refractivity contribution in [2.75, 3.05) is 18.9 Å². The average molecular weight is 285 g/mol. The summed E-state index contributed by atoms with van der Waals surface area (Å²) in [6.07, 6.45) is 0. The van der Waals surface area contributed by atoms with E-state index in [0.717, 1.165) is 0 Å². The van der Waals surface area contributed by atoms with Gasteiger partial charge in [-0.15, -0.1) is 0 Å². The van der Waals surface area contributed by atoms with Crippen LogP contribution in [0.1, 0.15) is 13.8 Å². The second-order valence-corrected chi connectivity index (χ2v) is 6.01. The first-order chi connectivity index (χ1) is 8.85. The molecule has 1 atom stereocenters. The molecule has 0 saturated heterocycles. The standard InChI is InChI=1S/C12H19N3O3S/c1-9(13-3)8-14-19(17,18)12-6-4-11(5-7-12)15-10(2)16/h4-7,9,13-14H,8H2,1-3H3,(H,15,16). The molecule has 0 heterocycles. The van der Waals surface area contributed by atoms with Crippen molar-refractivity contribution in [1.82, 2.24) is 10.0 Å². The Morgan fingerprint density at radius 2 is 1.84 bits per heavy atom. The van der Waals surface area contributed by atoms with E-state index in [4.69, 9.17) is 0 Å². The number of amides is 1. The van der Waals surface area contributed by atoms with E-state index in [-0.39, 0.29) is 16.8 Å². The van der Waals surface area contributed by atoms with Gasteiger partial charge in [-0.05, 0) is 38.2 Å². The lowest BCUT2D eigenvalue weighted by Gasteiger charge is -2.12. The van der Waals surface area contributed by atoms with Crippen LogP contribution in [-0.2, 0) is 14.8 Å². The molecule has 1 aromatic carbocycles. The molecule has 7 heteroatoms. The van der Waals surface area contributed by atoms with Crippen LogP contribution in [0.3, 0.4) is 0 Å². The zero-order valence-electron chi connectivity index (χ0n) is 11.2. The molecule has 0 radical (unpaired) electrons. The predicted molar refractivity (Wildman–Crippen MR) is 74.5 cm³/mol. The molecule has 0 spiro atoms. The highest BCUT2D eigenvalue weighted by Gasteiger charge is 2.14. The molecule has 0 aliphatic carbocycles. The Kier molecular flexibility index (Phi) is 5.46. The molecule has 0 aliphatic heterocycles. The van der Waals surface area contributed by atoms with E-state index in [1.807, 2.05) is 6.92 Å². The van der Waals surface area contributed by atoms with Gasteiger partial charge in [0.15, 0.2) is 0 Å². The molecule has 0 fully saturated rings. The lowest BCUT2D eigenvalue weighted by atomic mass is 10.3. The van der Waals surface area contributed by atoms with Crippen LogP contribution in [0.15, 0.2) is 29.2 Å². The van der Waals surface area contributed by atoms with Crippen LogP contribution in [0.4, 0.5) is 5.69 Å². The summed E-state index contributed by atoms with van der Waals surface area (Å²) in [4.78, 5) is 11.0. The summed E-state index contributed by atoms with van der Waals surface area (Å²) in [5, 5.41) is 5.52. The molecule has 19 heavy (non-hydrogen) atoms. The fourth-order valence-corrected chi connectivity index (χ4v) is 2.47. The third-order valence-electron chi connectivity index (χ3n) is 2.56. The van der Waals surface area contributed by atoms with Gasteiger partial charge in [-0.2, -0.15) is 0 Å². The lowest BCUT2D eigenvalue weighted by Crippen LogP contribution is -2.37. The van der Waals surface area contributed by atoms with Crippen LogP contribution < -0.4 is 15.4 Å². The number of anilines is 1. The number of carbonyl (C=O) groups is 1. The second-order valence-electron chi connectivity index (χ2n) is 4.25. The minimum absolute atomic E-state index is 0.0495. The largest absolute Gasteiger partial charge is 0.326 e. The number of hydrogen-bond donors (Lipinski definition) is 3. The summed E-state index contributed by atoms with van der Waals surface area (Å²) in [7, 11) is -1.75. The summed E-state index contributed by atoms with van der Waals surface area (Å²) < 4.78 is 26.4. The Morgan fingerprint density at radius 1 is 1.26 bits per heavy atom. The van der Waals surface area contributed by atoms with Crippen molar-refractivity contribution < 1.29 is 13.2 Å². The van der Waals surface area contributed by atoms with Gasteiger partial charge in [-0.3, -0.25) is 4.79 Å². The van der Waals surface area contributed by atoms with E-state index in [9.17, 15) is 13.2 Å². The van der Waals surface area contributed by atoms with Crippen LogP contribution >= 0.6 is 0 Å². The topological polar surface area (TPSA) is 87.3 Å². The van der Waals surface area contributed by atoms with Crippen LogP contribution in [0.25, 0.3) is 0 Å². The summed E-state index contributed by atoms with van der Waals surface area (Å²) in [6, 6.07) is 6.07. The molecule has 6 nitrogen and oxygen atoms in total. The number of likely N-dealkylation sites (N-methyl/N-ethyl adjacent to an activating group) is 1. The zero-order chi connectivity index (χ0) is 14.5. The Balaban J connectivity index is 2.76. The SMILES string of the molecule is CNC(C)CNS(=O)(=O)c1ccc(NC(C)=O)cc1. The maximum atomic E-state index is 12.0. The Hall–Kier alpha value is -1.44. The molecule has 1 unspecified atom stereocenters. The van der Waals surface area contributed by atoms with Crippen molar-refractivity contribution in [3.8, 4) is 0 Å². The van der Waals surface area contributed by atoms with Gasteiger partial charge in [-0.1, -0.05) is 0 Å². The maximum absolute atomic E-state index is 12.0. The molecule has 0 saturated carbocycles. The van der Waals surface area contributed by atoms with Gasteiger partial charge in [-0.25, -0.2) is 13.1 Å². The third-order valence-corrected chi connectivity index (χ3v) is 4.00. The number of carbonyl (C=O) groups excluding carboxylic acids is 1. The monoisotopic (exact) mass is 285 g/mol. The molecule has 0 bridgehead atoms. The molecule has 0 aromatic heterocycles. The van der Waals surface area contributed by atoms with Crippen LogP contribution in [0.5, 0.6) is 0 Å². The summed E-state index contributed by atoms with van der Waals surface area (Å²) >= 11 is 0. The summed E-state index contributed by atoms with van der Waals surface area (Å²) in [6.45, 7) is 3.58. The van der Waals surface area contributed by atoms with Crippen molar-refractivity contribution in [1.29, 1.82) is 0 Å². The molecule has 3 N–H and O–H groups in total. The Labute approximate surface area is 113 Å². The zero-order valence-corrected chi connectivity index (χ0v) is 12.0. The van der Waals surface area contributed by atoms with E-state index >= 15 is 0 Å². The second kappa shape index (κ2) is 6.65. The van der Waals surface area contributed by atoms with Crippen molar-refractivity contribution in [3.63, 3.8) is 0 Å². The Morgan fingerprint density at radius 3 is 2.32 bits per heavy atom. The van der Waals surface area contributed by atoms with E-state index in [1.54, 1.807) is 19.2 Å². The minimum atomic E-state index is -3.51. The number of nitrogens with one attached hydrogen (secondary N) is 3. The van der Waals surface area contributed by atoms with Gasteiger partial charge >= 0.3 is 0 Å². The maximum Gasteiger partial charge on any atom is 0.240 e. The van der Waals surface area contributed by atoms with Crippen LogP contribution in [0.2, 0.25) is 0 Å². The van der Waals surface area contributed by atoms with Crippen LogP contribution in [0, 0.1) is 0 Å². The molecule has 106 valence electrons. The molecule has 1 amide bonds. The fraction of sp³-hybridized carbons (Fsp3) is 0.417. The van der Waals surface area contributed by atoms with Crippen molar-refractivity contribution in [2.24, 2.45) is 0 Å². The van der Waals surface area contributed by atoms with Crippen molar-refractivity contribution >= 4 is 21.6 Å². The molecule has 1 rings (SSSR count). The molecule has 1 aromatic rings. The first kappa shape index (κ1) is 15.6. The van der Waals surface area contributed by atoms with Gasteiger partial charge in [0.05, 0.1) is 4.90 Å². The third kappa shape index (κ3) is 4.98. The van der Waals surface area contributed by atoms with Gasteiger partial charge in [0, 0.05) is 25.2 Å². The van der Waals surface area contributed by atoms with Gasteiger partial charge in [0.25, 0.3) is 0 Å². The Bertz CT molecular complexity index is 526. The highest BCUT2D eigenvalue weighted by atomic mass is 32.2. The van der Waals surface area contributed by atoms with Crippen LogP contribution in [-0.4, -0.2) is 34.0 Å². The highest BCUT2D eigenvalue weighted by molar-refractivity contribution is 7.89. The fourth-order valence-electron chi connectivity index (χ4n) is 1.34. The highest BCUT2D eigenvalue weighted by Crippen LogP contribution is 2.13. The summed E-state index contributed by atoms with van der Waals surface area (Å²) in [5.74, 6) is -0.198. The normalized spacial score (nSPS) is 13.0. The van der Waals surface area contributed by atoms with E-state index in [2.05, 4.69) is 15.4 Å². The smallest absolute Gasteiger partial charge is 0.240 e. The van der Waals surface area contributed by atoms with Crippen molar-refractivity contribution in [3.05, 3.63) is 24.3 Å². The predicted octanol–water partition coefficient (Wildman–Crippen LogP) is 0.531. The van der Waals surface area contributed by atoms with E-state index < -0.39 is 10.0 Å². The first-order valence-corrected chi connectivity index (χ1v) is 7.38. The number of rotatable bonds is 6. The van der Waals surface area contributed by atoms with Gasteiger partial charge in [0.2, 0.25) is 15.9 Å². The molecule has 0 aliphatic rings. The number of hydrogen-bond acceptors (Lipinski definition) is 4. The summed E-state index contributed by atoms with van der Waals surface area (Å²) in [5.41, 5.74) is 0.565. The number of benzene rings is 1. The lowest BCUT2D eigenvalue weighted by molar-refractivity contribution is -0.114. The van der Waals surface area contributed by atoms with Gasteiger partial charge in [0.1, 0.15) is 0 Å². The molecular weight excluding hydrogens is 266 g/mol. The van der Waals surface area contributed by atoms with Crippen molar-refractivity contribution in [2.45, 2.75) is 24.8 Å². The first-order valence-electron chi connectivity index (χ1n) is 5.89. The van der Waals surface area contributed by atoms with Gasteiger partial charge < -0.3 is 10.6 Å². The van der Waals surface area contributed by atoms with E-state index in [1.165, 1.54) is 19.1 Å². The number of sulfonamides is 1. The quantitative estimate of drug-likeness (QED) is 0.711. The van der Waals surface area contributed by atoms with E-state index in [0.29, 0.717) is 12.2 Å².